The maximum Gasteiger partial charge on any atom is 0.0434 e. The smallest absolute Gasteiger partial charge is 0.0434 e. The number of terminal acetylenes is 1. The Hall–Kier alpha value is -0.780. The minimum atomic E-state index is 0.362. The molecule has 1 saturated carbocycles. The van der Waals surface area contributed by atoms with Crippen molar-refractivity contribution in [3.63, 3.8) is 0 Å². The van der Waals surface area contributed by atoms with Crippen LogP contribution in [0.2, 0.25) is 0 Å². The van der Waals surface area contributed by atoms with Crippen molar-refractivity contribution >= 4 is 0 Å². The maximum atomic E-state index is 9.40. The molecule has 2 heterocycles. The molecule has 0 spiro atoms. The first-order valence-electron chi connectivity index (χ1n) is 8.83. The van der Waals surface area contributed by atoms with Crippen molar-refractivity contribution < 1.29 is 5.11 Å². The summed E-state index contributed by atoms with van der Waals surface area (Å²) in [5.41, 5.74) is 0. The molecule has 5 atom stereocenters. The molecule has 1 aliphatic carbocycles. The van der Waals surface area contributed by atoms with Gasteiger partial charge >= 0.3 is 0 Å². The number of rotatable bonds is 4. The molecule has 0 radical (unpaired) electrons. The van der Waals surface area contributed by atoms with Crippen molar-refractivity contribution in [2.75, 3.05) is 13.2 Å². The van der Waals surface area contributed by atoms with Crippen molar-refractivity contribution in [2.45, 2.75) is 63.5 Å². The summed E-state index contributed by atoms with van der Waals surface area (Å²) in [5, 5.41) is 9.40. The van der Waals surface area contributed by atoms with Crippen LogP contribution in [0, 0.1) is 30.1 Å². The average molecular weight is 287 g/mol. The maximum absolute atomic E-state index is 9.40. The number of allylic oxidation sites excluding steroid dienone is 2. The molecular weight excluding hydrogens is 258 g/mol. The molecule has 2 saturated heterocycles. The lowest BCUT2D eigenvalue weighted by atomic mass is 9.67. The Morgan fingerprint density at radius 2 is 2.10 bits per heavy atom. The van der Waals surface area contributed by atoms with Crippen LogP contribution in [-0.2, 0) is 0 Å². The molecule has 3 fully saturated rings. The highest BCUT2D eigenvalue weighted by molar-refractivity contribution is 5.10. The summed E-state index contributed by atoms with van der Waals surface area (Å²) in [5.74, 6) is 5.01. The first-order chi connectivity index (χ1) is 10.3. The second-order valence-electron chi connectivity index (χ2n) is 7.20. The lowest BCUT2D eigenvalue weighted by Gasteiger charge is -2.52. The molecule has 0 aromatic carbocycles. The summed E-state index contributed by atoms with van der Waals surface area (Å²) in [4.78, 5) is 2.84. The zero-order valence-corrected chi connectivity index (χ0v) is 13.1. The van der Waals surface area contributed by atoms with Crippen LogP contribution in [0.5, 0.6) is 0 Å². The molecule has 1 N–H and O–H groups in total. The van der Waals surface area contributed by atoms with Crippen molar-refractivity contribution in [2.24, 2.45) is 17.8 Å². The first-order valence-corrected chi connectivity index (χ1v) is 8.83. The lowest BCUT2D eigenvalue weighted by molar-refractivity contribution is -0.0324. The van der Waals surface area contributed by atoms with Gasteiger partial charge in [-0.3, -0.25) is 4.90 Å². The summed E-state index contributed by atoms with van der Waals surface area (Å²) in [7, 11) is 0. The Morgan fingerprint density at radius 3 is 2.90 bits per heavy atom. The van der Waals surface area contributed by atoms with Crippen molar-refractivity contribution in [1.82, 2.24) is 4.90 Å². The Kier molecular flexibility index (Phi) is 5.03. The predicted molar refractivity (Wildman–Crippen MR) is 86.7 cm³/mol. The fourth-order valence-corrected chi connectivity index (χ4v) is 5.45. The van der Waals surface area contributed by atoms with Crippen LogP contribution in [0.15, 0.2) is 12.2 Å². The van der Waals surface area contributed by atoms with Crippen molar-refractivity contribution in [3.05, 3.63) is 12.2 Å². The second-order valence-corrected chi connectivity index (χ2v) is 7.20. The fourth-order valence-electron chi connectivity index (χ4n) is 5.45. The lowest BCUT2D eigenvalue weighted by Crippen LogP contribution is -2.56. The topological polar surface area (TPSA) is 23.5 Å². The van der Waals surface area contributed by atoms with Crippen LogP contribution < -0.4 is 0 Å². The summed E-state index contributed by atoms with van der Waals surface area (Å²) >= 11 is 0. The molecule has 5 unspecified atom stereocenters. The monoisotopic (exact) mass is 287 g/mol. The van der Waals surface area contributed by atoms with Crippen LogP contribution in [0.4, 0.5) is 0 Å². The van der Waals surface area contributed by atoms with Gasteiger partial charge in [-0.2, -0.15) is 0 Å². The zero-order chi connectivity index (χ0) is 14.7. The van der Waals surface area contributed by atoms with E-state index < -0.39 is 0 Å². The molecule has 0 aromatic heterocycles. The molecule has 3 rings (SSSR count). The van der Waals surface area contributed by atoms with Gasteiger partial charge in [0.15, 0.2) is 0 Å². The summed E-state index contributed by atoms with van der Waals surface area (Å²) in [6.07, 6.45) is 19.8. The van der Waals surface area contributed by atoms with Crippen LogP contribution in [-0.4, -0.2) is 35.2 Å². The molecule has 0 bridgehead atoms. The van der Waals surface area contributed by atoms with E-state index in [0.717, 1.165) is 42.7 Å². The Labute approximate surface area is 129 Å². The Bertz CT molecular complexity index is 408. The molecular formula is C19H29NO. The number of aliphatic hydroxyl groups is 1. The van der Waals surface area contributed by atoms with Crippen LogP contribution in [0.25, 0.3) is 0 Å². The molecule has 116 valence electrons. The van der Waals surface area contributed by atoms with Gasteiger partial charge in [-0.25, -0.2) is 0 Å². The van der Waals surface area contributed by atoms with E-state index in [0.29, 0.717) is 6.61 Å². The molecule has 0 aromatic rings. The second kappa shape index (κ2) is 6.99. The number of nitrogens with zero attached hydrogens (tertiary/aromatic N) is 1. The van der Waals surface area contributed by atoms with Gasteiger partial charge < -0.3 is 5.11 Å². The highest BCUT2D eigenvalue weighted by atomic mass is 16.3. The quantitative estimate of drug-likeness (QED) is 0.803. The van der Waals surface area contributed by atoms with Gasteiger partial charge in [0.25, 0.3) is 0 Å². The van der Waals surface area contributed by atoms with Gasteiger partial charge in [0.1, 0.15) is 0 Å². The van der Waals surface area contributed by atoms with E-state index in [-0.39, 0.29) is 0 Å². The summed E-state index contributed by atoms with van der Waals surface area (Å²) in [6, 6.07) is 1.53. The van der Waals surface area contributed by atoms with Gasteiger partial charge in [0, 0.05) is 18.7 Å². The van der Waals surface area contributed by atoms with Gasteiger partial charge in [-0.1, -0.05) is 18.4 Å². The molecule has 2 aliphatic heterocycles. The number of fused-ring (bicyclic) bond motifs is 3. The van der Waals surface area contributed by atoms with E-state index in [2.05, 4.69) is 16.9 Å². The number of piperidine rings is 1. The SMILES string of the molecule is C#CC=CCC1CC2CCCC(CCO)C2N2CCCC12. The van der Waals surface area contributed by atoms with Crippen LogP contribution in [0.3, 0.4) is 0 Å². The molecule has 0 amide bonds. The molecule has 2 heteroatoms. The predicted octanol–water partition coefficient (Wildman–Crippen LogP) is 3.22. The summed E-state index contributed by atoms with van der Waals surface area (Å²) in [6.45, 7) is 1.64. The van der Waals surface area contributed by atoms with Crippen molar-refractivity contribution in [1.29, 1.82) is 0 Å². The van der Waals surface area contributed by atoms with Crippen molar-refractivity contribution in [3.8, 4) is 12.3 Å². The van der Waals surface area contributed by atoms with E-state index in [1.165, 1.54) is 45.1 Å². The highest BCUT2D eigenvalue weighted by Crippen LogP contribution is 2.47. The zero-order valence-electron chi connectivity index (χ0n) is 13.1. The van der Waals surface area contributed by atoms with Crippen LogP contribution >= 0.6 is 0 Å². The third-order valence-electron chi connectivity index (χ3n) is 6.14. The van der Waals surface area contributed by atoms with Crippen LogP contribution in [0.1, 0.15) is 51.4 Å². The van der Waals surface area contributed by atoms with Gasteiger partial charge in [0.05, 0.1) is 0 Å². The fraction of sp³-hybridized carbons (Fsp3) is 0.789. The molecule has 3 aliphatic rings. The minimum absolute atomic E-state index is 0.362. The third kappa shape index (κ3) is 3.05. The number of hydrogen-bond donors (Lipinski definition) is 1. The first kappa shape index (κ1) is 15.1. The largest absolute Gasteiger partial charge is 0.396 e. The van der Waals surface area contributed by atoms with Gasteiger partial charge in [-0.05, 0) is 75.3 Å². The average Bonchev–Trinajstić information content (AvgIpc) is 2.97. The van der Waals surface area contributed by atoms with E-state index in [1.54, 1.807) is 0 Å². The normalized spacial score (nSPS) is 39.9. The molecule has 2 nitrogen and oxygen atoms in total. The Balaban J connectivity index is 1.74. The van der Waals surface area contributed by atoms with E-state index in [4.69, 9.17) is 6.42 Å². The molecule has 21 heavy (non-hydrogen) atoms. The van der Waals surface area contributed by atoms with Gasteiger partial charge in [0.2, 0.25) is 0 Å². The third-order valence-corrected chi connectivity index (χ3v) is 6.14. The highest BCUT2D eigenvalue weighted by Gasteiger charge is 2.47. The van der Waals surface area contributed by atoms with E-state index in [9.17, 15) is 5.11 Å². The van der Waals surface area contributed by atoms with Gasteiger partial charge in [-0.15, -0.1) is 6.42 Å². The van der Waals surface area contributed by atoms with E-state index >= 15 is 0 Å². The minimum Gasteiger partial charge on any atom is -0.396 e. The number of hydrogen-bond acceptors (Lipinski definition) is 2. The number of aliphatic hydroxyl groups excluding tert-OH is 1. The standard InChI is InChI=1S/C19H29NO/c1-2-3-4-7-16-14-17-9-5-8-15(11-13-21)19(17)20-12-6-10-18(16)20/h1,3-4,15-19,21H,5-14H2. The summed E-state index contributed by atoms with van der Waals surface area (Å²) < 4.78 is 0. The Morgan fingerprint density at radius 1 is 1.19 bits per heavy atom. The van der Waals surface area contributed by atoms with E-state index in [1.807, 2.05) is 6.08 Å².